The van der Waals surface area contributed by atoms with E-state index in [1.807, 2.05) is 0 Å². The molecule has 1 saturated carbocycles. The van der Waals surface area contributed by atoms with Crippen molar-refractivity contribution < 1.29 is 14.7 Å². The normalized spacial score (nSPS) is 22.1. The van der Waals surface area contributed by atoms with Crippen LogP contribution in [0.25, 0.3) is 0 Å². The third-order valence-electron chi connectivity index (χ3n) is 3.16. The largest absolute Gasteiger partial charge is 0.481 e. The molecule has 0 radical (unpaired) electrons. The molecule has 1 aromatic heterocycles. The zero-order valence-electron chi connectivity index (χ0n) is 10.1. The Morgan fingerprint density at radius 2 is 2.26 bits per heavy atom. The topological polar surface area (TPSA) is 111 Å². The summed E-state index contributed by atoms with van der Waals surface area (Å²) in [6.45, 7) is 0.217. The second-order valence-electron chi connectivity index (χ2n) is 4.48. The molecule has 0 aromatic carbocycles. The summed E-state index contributed by atoms with van der Waals surface area (Å²) in [7, 11) is 0. The smallest absolute Gasteiger partial charge is 0.315 e. The fourth-order valence-corrected chi connectivity index (χ4v) is 2.81. The minimum atomic E-state index is -0.870. The summed E-state index contributed by atoms with van der Waals surface area (Å²) in [5.41, 5.74) is 0.631. The highest BCUT2D eigenvalue weighted by Gasteiger charge is 2.33. The summed E-state index contributed by atoms with van der Waals surface area (Å²) < 4.78 is 0. The first kappa shape index (κ1) is 13.6. The van der Waals surface area contributed by atoms with Gasteiger partial charge in [-0.25, -0.2) is 4.79 Å². The molecule has 104 valence electrons. The van der Waals surface area contributed by atoms with Gasteiger partial charge in [0.25, 0.3) is 0 Å². The number of carbonyl (C=O) groups excluding carboxylic acids is 1. The first-order valence-electron chi connectivity index (χ1n) is 6.00. The van der Waals surface area contributed by atoms with Crippen LogP contribution >= 0.6 is 11.3 Å². The maximum Gasteiger partial charge on any atom is 0.315 e. The average molecular weight is 285 g/mol. The van der Waals surface area contributed by atoms with Gasteiger partial charge in [0.15, 0.2) is 0 Å². The van der Waals surface area contributed by atoms with Gasteiger partial charge in [-0.2, -0.15) is 0 Å². The Hall–Kier alpha value is -1.83. The molecule has 1 aliphatic rings. The third-order valence-corrected chi connectivity index (χ3v) is 3.88. The van der Waals surface area contributed by atoms with E-state index in [9.17, 15) is 14.4 Å². The monoisotopic (exact) mass is 285 g/mol. The number of nitrogens with one attached hydrogen (secondary N) is 3. The lowest BCUT2D eigenvalue weighted by Gasteiger charge is -2.17. The molecule has 2 unspecified atom stereocenters. The number of hydrogen-bond donors (Lipinski definition) is 4. The Morgan fingerprint density at radius 1 is 1.47 bits per heavy atom. The number of carboxylic acids is 1. The summed E-state index contributed by atoms with van der Waals surface area (Å²) in [4.78, 5) is 35.9. The molecule has 7 nitrogen and oxygen atoms in total. The Labute approximate surface area is 113 Å². The van der Waals surface area contributed by atoms with Crippen LogP contribution in [0.15, 0.2) is 10.2 Å². The van der Waals surface area contributed by atoms with Gasteiger partial charge < -0.3 is 20.7 Å². The number of aromatic nitrogens is 1. The minimum Gasteiger partial charge on any atom is -0.481 e. The SMILES string of the molecule is O=C(NCc1csc(=O)[nH]1)NC1CCCC1C(=O)O. The highest BCUT2D eigenvalue weighted by Crippen LogP contribution is 2.25. The third kappa shape index (κ3) is 3.57. The summed E-state index contributed by atoms with van der Waals surface area (Å²) in [6, 6.07) is -0.732. The van der Waals surface area contributed by atoms with Crippen LogP contribution in [0, 0.1) is 5.92 Å². The predicted molar refractivity (Wildman–Crippen MR) is 69.1 cm³/mol. The summed E-state index contributed by atoms with van der Waals surface area (Å²) in [5.74, 6) is -1.38. The zero-order valence-corrected chi connectivity index (χ0v) is 11.0. The van der Waals surface area contributed by atoms with Crippen LogP contribution in [0.1, 0.15) is 25.0 Å². The average Bonchev–Trinajstić information content (AvgIpc) is 2.95. The molecular weight excluding hydrogens is 270 g/mol. The highest BCUT2D eigenvalue weighted by atomic mass is 32.1. The van der Waals surface area contributed by atoms with Crippen LogP contribution in [0.3, 0.4) is 0 Å². The molecule has 19 heavy (non-hydrogen) atoms. The molecule has 8 heteroatoms. The lowest BCUT2D eigenvalue weighted by Crippen LogP contribution is -2.45. The van der Waals surface area contributed by atoms with Gasteiger partial charge >= 0.3 is 16.9 Å². The lowest BCUT2D eigenvalue weighted by molar-refractivity contribution is -0.142. The number of aliphatic carboxylic acids is 1. The van der Waals surface area contributed by atoms with Crippen molar-refractivity contribution in [2.75, 3.05) is 0 Å². The summed E-state index contributed by atoms with van der Waals surface area (Å²) in [5, 5.41) is 15.9. The number of H-pyrrole nitrogens is 1. The van der Waals surface area contributed by atoms with E-state index < -0.39 is 17.9 Å². The van der Waals surface area contributed by atoms with Crippen molar-refractivity contribution >= 4 is 23.3 Å². The fourth-order valence-electron chi connectivity index (χ4n) is 2.22. The number of amides is 2. The van der Waals surface area contributed by atoms with Crippen LogP contribution in [0.4, 0.5) is 4.79 Å². The van der Waals surface area contributed by atoms with E-state index in [4.69, 9.17) is 5.11 Å². The van der Waals surface area contributed by atoms with Gasteiger partial charge in [-0.15, -0.1) is 0 Å². The molecule has 1 aliphatic carbocycles. The molecule has 1 heterocycles. The maximum absolute atomic E-state index is 11.6. The van der Waals surface area contributed by atoms with Crippen molar-refractivity contribution in [3.63, 3.8) is 0 Å². The van der Waals surface area contributed by atoms with E-state index in [1.165, 1.54) is 0 Å². The fraction of sp³-hybridized carbons (Fsp3) is 0.545. The Kier molecular flexibility index (Phi) is 4.20. The van der Waals surface area contributed by atoms with Crippen LogP contribution in [-0.2, 0) is 11.3 Å². The molecule has 0 saturated heterocycles. The Morgan fingerprint density at radius 3 is 2.89 bits per heavy atom. The first-order valence-corrected chi connectivity index (χ1v) is 6.88. The van der Waals surface area contributed by atoms with Crippen molar-refractivity contribution in [1.82, 2.24) is 15.6 Å². The van der Waals surface area contributed by atoms with Crippen LogP contribution < -0.4 is 15.5 Å². The lowest BCUT2D eigenvalue weighted by atomic mass is 10.0. The number of aromatic amines is 1. The standard InChI is InChI=1S/C11H15N3O4S/c15-9(16)7-2-1-3-8(7)14-10(17)12-4-6-5-19-11(18)13-6/h5,7-8H,1-4H2,(H,13,18)(H,15,16)(H2,12,14,17). The number of rotatable bonds is 4. The molecule has 1 aromatic rings. The molecule has 2 rings (SSSR count). The zero-order chi connectivity index (χ0) is 13.8. The highest BCUT2D eigenvalue weighted by molar-refractivity contribution is 7.07. The van der Waals surface area contributed by atoms with Crippen LogP contribution in [0.5, 0.6) is 0 Å². The first-order chi connectivity index (χ1) is 9.06. The van der Waals surface area contributed by atoms with Gasteiger partial charge in [-0.1, -0.05) is 17.8 Å². The van der Waals surface area contributed by atoms with Gasteiger partial charge in [-0.05, 0) is 12.8 Å². The van der Waals surface area contributed by atoms with Crippen LogP contribution in [-0.4, -0.2) is 28.1 Å². The van der Waals surface area contributed by atoms with Gasteiger partial charge in [-0.3, -0.25) is 9.59 Å². The van der Waals surface area contributed by atoms with E-state index >= 15 is 0 Å². The minimum absolute atomic E-state index is 0.168. The quantitative estimate of drug-likeness (QED) is 0.645. The predicted octanol–water partition coefficient (Wildman–Crippen LogP) is 0.489. The van der Waals surface area contributed by atoms with E-state index in [-0.39, 0.29) is 17.5 Å². The summed E-state index contributed by atoms with van der Waals surface area (Å²) >= 11 is 1.03. The van der Waals surface area contributed by atoms with Crippen LogP contribution in [0.2, 0.25) is 0 Å². The molecule has 2 atom stereocenters. The van der Waals surface area contributed by atoms with Crippen molar-refractivity contribution in [3.8, 4) is 0 Å². The van der Waals surface area contributed by atoms with Crippen molar-refractivity contribution in [3.05, 3.63) is 20.7 Å². The van der Waals surface area contributed by atoms with Gasteiger partial charge in [0.05, 0.1) is 12.5 Å². The molecule has 0 bridgehead atoms. The number of urea groups is 1. The van der Waals surface area contributed by atoms with E-state index in [0.29, 0.717) is 18.5 Å². The van der Waals surface area contributed by atoms with E-state index in [2.05, 4.69) is 15.6 Å². The Balaban J connectivity index is 1.81. The molecule has 0 spiro atoms. The number of carbonyl (C=O) groups is 2. The maximum atomic E-state index is 11.6. The number of thiazole rings is 1. The molecular formula is C11H15N3O4S. The van der Waals surface area contributed by atoms with Gasteiger partial charge in [0.2, 0.25) is 0 Å². The second-order valence-corrected chi connectivity index (χ2v) is 5.32. The molecule has 1 fully saturated rings. The van der Waals surface area contributed by atoms with E-state index in [0.717, 1.165) is 17.8 Å². The van der Waals surface area contributed by atoms with E-state index in [1.54, 1.807) is 5.38 Å². The number of carboxylic acid groups (broad SMARTS) is 1. The van der Waals surface area contributed by atoms with Crippen molar-refractivity contribution in [1.29, 1.82) is 0 Å². The second kappa shape index (κ2) is 5.87. The summed E-state index contributed by atoms with van der Waals surface area (Å²) in [6.07, 6.45) is 2.08. The Bertz CT molecular complexity index is 524. The van der Waals surface area contributed by atoms with Crippen molar-refractivity contribution in [2.45, 2.75) is 31.8 Å². The van der Waals surface area contributed by atoms with Gasteiger partial charge in [0.1, 0.15) is 0 Å². The molecule has 2 amide bonds. The number of hydrogen-bond acceptors (Lipinski definition) is 4. The van der Waals surface area contributed by atoms with Gasteiger partial charge in [0, 0.05) is 17.1 Å². The molecule has 4 N–H and O–H groups in total. The molecule has 0 aliphatic heterocycles. The van der Waals surface area contributed by atoms with Crippen molar-refractivity contribution in [2.24, 2.45) is 5.92 Å².